The molecular formula is C22H27N3O3. The maximum absolute atomic E-state index is 12.4. The summed E-state index contributed by atoms with van der Waals surface area (Å²) < 4.78 is 12.9. The third kappa shape index (κ3) is 4.51. The van der Waals surface area contributed by atoms with Gasteiger partial charge in [0, 0.05) is 31.0 Å². The third-order valence-corrected chi connectivity index (χ3v) is 4.45. The van der Waals surface area contributed by atoms with Crippen molar-refractivity contribution in [2.75, 3.05) is 26.4 Å². The molecule has 0 spiro atoms. The minimum absolute atomic E-state index is 0.0910. The summed E-state index contributed by atoms with van der Waals surface area (Å²) in [6, 6.07) is 13.6. The van der Waals surface area contributed by atoms with Gasteiger partial charge >= 0.3 is 0 Å². The van der Waals surface area contributed by atoms with Gasteiger partial charge in [-0.15, -0.1) is 0 Å². The molecule has 0 fully saturated rings. The lowest BCUT2D eigenvalue weighted by molar-refractivity contribution is 0.0944. The number of aromatic nitrogens is 2. The number of rotatable bonds is 9. The average Bonchev–Trinajstić information content (AvgIpc) is 3.03. The Hall–Kier alpha value is -2.86. The van der Waals surface area contributed by atoms with E-state index in [9.17, 15) is 4.79 Å². The highest BCUT2D eigenvalue weighted by Crippen LogP contribution is 2.24. The van der Waals surface area contributed by atoms with E-state index in [0.717, 1.165) is 34.7 Å². The van der Waals surface area contributed by atoms with E-state index in [1.165, 1.54) is 0 Å². The van der Waals surface area contributed by atoms with Crippen LogP contribution in [0.5, 0.6) is 5.75 Å². The van der Waals surface area contributed by atoms with Gasteiger partial charge in [0.25, 0.3) is 5.91 Å². The van der Waals surface area contributed by atoms with Crippen LogP contribution in [-0.2, 0) is 4.74 Å². The fraction of sp³-hybridized carbons (Fsp3) is 0.364. The minimum atomic E-state index is -0.0910. The number of ether oxygens (including phenoxy) is 2. The number of hydrogen-bond donors (Lipinski definition) is 1. The number of nitrogens with one attached hydrogen (secondary N) is 1. The van der Waals surface area contributed by atoms with Crippen molar-refractivity contribution < 1.29 is 14.3 Å². The Balaban J connectivity index is 1.78. The Bertz CT molecular complexity index is 932. The molecule has 0 unspecified atom stereocenters. The topological polar surface area (TPSA) is 65.4 Å². The van der Waals surface area contributed by atoms with Gasteiger partial charge in [0.15, 0.2) is 0 Å². The summed E-state index contributed by atoms with van der Waals surface area (Å²) in [6.45, 7) is 8.47. The Kier molecular flexibility index (Phi) is 6.66. The Morgan fingerprint density at radius 3 is 2.61 bits per heavy atom. The highest BCUT2D eigenvalue weighted by atomic mass is 16.5. The van der Waals surface area contributed by atoms with E-state index in [1.54, 1.807) is 0 Å². The maximum atomic E-state index is 12.4. The van der Waals surface area contributed by atoms with Gasteiger partial charge in [-0.25, -0.2) is 4.98 Å². The number of carbonyl (C=O) groups is 1. The first-order valence-electron chi connectivity index (χ1n) is 9.72. The predicted molar refractivity (Wildman–Crippen MR) is 110 cm³/mol. The van der Waals surface area contributed by atoms with Gasteiger partial charge in [-0.3, -0.25) is 9.36 Å². The molecule has 0 aliphatic heterocycles. The number of benzene rings is 2. The summed E-state index contributed by atoms with van der Waals surface area (Å²) in [5.41, 5.74) is 3.39. The number of aryl methyl sites for hydroxylation is 1. The van der Waals surface area contributed by atoms with E-state index in [4.69, 9.17) is 9.47 Å². The van der Waals surface area contributed by atoms with Gasteiger partial charge in [0.05, 0.1) is 17.6 Å². The highest BCUT2D eigenvalue weighted by molar-refractivity contribution is 5.97. The molecular weight excluding hydrogens is 354 g/mol. The summed E-state index contributed by atoms with van der Waals surface area (Å²) in [5.74, 6) is 1.62. The SMILES string of the molecule is CCOCCCNC(=O)c1ccc2c(c1)nc(C)n2-c1ccc(OCC)cc1. The summed E-state index contributed by atoms with van der Waals surface area (Å²) in [7, 11) is 0. The number of imidazole rings is 1. The molecule has 0 radical (unpaired) electrons. The smallest absolute Gasteiger partial charge is 0.251 e. The highest BCUT2D eigenvalue weighted by Gasteiger charge is 2.13. The molecule has 0 saturated carbocycles. The second kappa shape index (κ2) is 9.37. The maximum Gasteiger partial charge on any atom is 0.251 e. The standard InChI is InChI=1S/C22H27N3O3/c1-4-27-14-6-13-23-22(26)17-7-12-21-20(15-17)24-16(3)25(21)18-8-10-19(11-9-18)28-5-2/h7-12,15H,4-6,13-14H2,1-3H3,(H,23,26). The minimum Gasteiger partial charge on any atom is -0.494 e. The fourth-order valence-corrected chi connectivity index (χ4v) is 3.15. The lowest BCUT2D eigenvalue weighted by Gasteiger charge is -2.09. The summed E-state index contributed by atoms with van der Waals surface area (Å²) in [5, 5.41) is 2.93. The van der Waals surface area contributed by atoms with Gasteiger partial charge in [0.1, 0.15) is 11.6 Å². The van der Waals surface area contributed by atoms with E-state index in [-0.39, 0.29) is 5.91 Å². The van der Waals surface area contributed by atoms with Crippen LogP contribution in [0.15, 0.2) is 42.5 Å². The zero-order valence-electron chi connectivity index (χ0n) is 16.7. The van der Waals surface area contributed by atoms with E-state index in [0.29, 0.717) is 31.9 Å². The summed E-state index contributed by atoms with van der Waals surface area (Å²) in [4.78, 5) is 17.0. The van der Waals surface area contributed by atoms with Crippen LogP contribution in [0.4, 0.5) is 0 Å². The van der Waals surface area contributed by atoms with Crippen molar-refractivity contribution in [3.05, 3.63) is 53.9 Å². The summed E-state index contributed by atoms with van der Waals surface area (Å²) in [6.07, 6.45) is 0.799. The second-order valence-corrected chi connectivity index (χ2v) is 6.43. The van der Waals surface area contributed by atoms with Gasteiger partial charge in [0.2, 0.25) is 0 Å². The average molecular weight is 381 g/mol. The van der Waals surface area contributed by atoms with Crippen LogP contribution in [0.2, 0.25) is 0 Å². The number of hydrogen-bond acceptors (Lipinski definition) is 4. The van der Waals surface area contributed by atoms with Crippen molar-refractivity contribution in [1.29, 1.82) is 0 Å². The number of carbonyl (C=O) groups excluding carboxylic acids is 1. The third-order valence-electron chi connectivity index (χ3n) is 4.45. The normalized spacial score (nSPS) is 11.0. The first kappa shape index (κ1) is 19.9. The fourth-order valence-electron chi connectivity index (χ4n) is 3.15. The van der Waals surface area contributed by atoms with Gasteiger partial charge < -0.3 is 14.8 Å². The molecule has 0 atom stereocenters. The molecule has 3 rings (SSSR count). The van der Waals surface area contributed by atoms with Crippen molar-refractivity contribution in [2.24, 2.45) is 0 Å². The molecule has 2 aromatic carbocycles. The molecule has 1 amide bonds. The van der Waals surface area contributed by atoms with Crippen molar-refractivity contribution in [1.82, 2.24) is 14.9 Å². The molecule has 28 heavy (non-hydrogen) atoms. The monoisotopic (exact) mass is 381 g/mol. The molecule has 0 aliphatic carbocycles. The van der Waals surface area contributed by atoms with Crippen LogP contribution in [0.3, 0.4) is 0 Å². The molecule has 3 aromatic rings. The van der Waals surface area contributed by atoms with Gasteiger partial charge in [-0.1, -0.05) is 0 Å². The molecule has 0 aliphatic rings. The molecule has 0 bridgehead atoms. The largest absolute Gasteiger partial charge is 0.494 e. The second-order valence-electron chi connectivity index (χ2n) is 6.43. The summed E-state index contributed by atoms with van der Waals surface area (Å²) >= 11 is 0. The van der Waals surface area contributed by atoms with Crippen molar-refractivity contribution >= 4 is 16.9 Å². The zero-order valence-corrected chi connectivity index (χ0v) is 16.7. The molecule has 0 saturated heterocycles. The van der Waals surface area contributed by atoms with Crippen LogP contribution >= 0.6 is 0 Å². The first-order valence-corrected chi connectivity index (χ1v) is 9.72. The van der Waals surface area contributed by atoms with E-state index in [1.807, 2.05) is 63.2 Å². The van der Waals surface area contributed by atoms with Crippen molar-refractivity contribution in [3.8, 4) is 11.4 Å². The number of fused-ring (bicyclic) bond motifs is 1. The van der Waals surface area contributed by atoms with Crippen LogP contribution < -0.4 is 10.1 Å². The molecule has 6 heteroatoms. The van der Waals surface area contributed by atoms with E-state index >= 15 is 0 Å². The molecule has 1 N–H and O–H groups in total. The Labute approximate surface area is 165 Å². The van der Waals surface area contributed by atoms with Gasteiger partial charge in [-0.05, 0) is 69.7 Å². The molecule has 1 aromatic heterocycles. The van der Waals surface area contributed by atoms with E-state index in [2.05, 4.69) is 14.9 Å². The van der Waals surface area contributed by atoms with Crippen molar-refractivity contribution in [3.63, 3.8) is 0 Å². The quantitative estimate of drug-likeness (QED) is 0.571. The van der Waals surface area contributed by atoms with Crippen LogP contribution in [0, 0.1) is 6.92 Å². The Morgan fingerprint density at radius 2 is 1.89 bits per heavy atom. The van der Waals surface area contributed by atoms with Crippen LogP contribution in [0.1, 0.15) is 36.5 Å². The van der Waals surface area contributed by atoms with Gasteiger partial charge in [-0.2, -0.15) is 0 Å². The molecule has 148 valence electrons. The van der Waals surface area contributed by atoms with Crippen molar-refractivity contribution in [2.45, 2.75) is 27.2 Å². The van der Waals surface area contributed by atoms with Crippen LogP contribution in [0.25, 0.3) is 16.7 Å². The van der Waals surface area contributed by atoms with E-state index < -0.39 is 0 Å². The van der Waals surface area contributed by atoms with Crippen LogP contribution in [-0.4, -0.2) is 41.8 Å². The lowest BCUT2D eigenvalue weighted by atomic mass is 10.2. The molecule has 1 heterocycles. The number of nitrogens with zero attached hydrogens (tertiary/aromatic N) is 2. The zero-order chi connectivity index (χ0) is 19.9. The first-order chi connectivity index (χ1) is 13.6. The Morgan fingerprint density at radius 1 is 1.11 bits per heavy atom. The number of amides is 1. The predicted octanol–water partition coefficient (Wildman–Crippen LogP) is 3.89. The molecule has 6 nitrogen and oxygen atoms in total. The lowest BCUT2D eigenvalue weighted by Crippen LogP contribution is -2.25.